The number of carbonyl (C=O) groups is 1. The molecule has 0 aliphatic carbocycles. The van der Waals surface area contributed by atoms with Gasteiger partial charge in [0.1, 0.15) is 23.0 Å². The third-order valence-corrected chi connectivity index (χ3v) is 5.06. The Hall–Kier alpha value is -3.46. The molecule has 1 heterocycles. The zero-order valence-electron chi connectivity index (χ0n) is 17.0. The topological polar surface area (TPSA) is 90.7 Å². The molecule has 0 radical (unpaired) electrons. The van der Waals surface area contributed by atoms with E-state index in [1.165, 1.54) is 11.8 Å². The molecule has 1 saturated heterocycles. The highest BCUT2D eigenvalue weighted by atomic mass is 32.2. The van der Waals surface area contributed by atoms with E-state index in [9.17, 15) is 4.79 Å². The van der Waals surface area contributed by atoms with E-state index in [4.69, 9.17) is 18.9 Å². The van der Waals surface area contributed by atoms with Crippen LogP contribution in [-0.4, -0.2) is 45.7 Å². The van der Waals surface area contributed by atoms with Crippen molar-refractivity contribution in [1.29, 1.82) is 0 Å². The third kappa shape index (κ3) is 4.93. The minimum absolute atomic E-state index is 0.256. The SMILES string of the molecule is COc1ccc(/C=N\N=C2/NC(=O)/C(=C/c3ccc(OC)cc3OC)S2)c(OC)c1. The highest BCUT2D eigenvalue weighted by Crippen LogP contribution is 2.31. The molecule has 0 unspecified atom stereocenters. The number of carbonyl (C=O) groups excluding carboxylic acids is 1. The van der Waals surface area contributed by atoms with Crippen molar-refractivity contribution in [3.8, 4) is 23.0 Å². The van der Waals surface area contributed by atoms with Crippen LogP contribution in [0, 0.1) is 0 Å². The molecule has 30 heavy (non-hydrogen) atoms. The molecule has 1 aliphatic rings. The van der Waals surface area contributed by atoms with Crippen molar-refractivity contribution in [2.75, 3.05) is 28.4 Å². The monoisotopic (exact) mass is 427 g/mol. The highest BCUT2D eigenvalue weighted by molar-refractivity contribution is 8.18. The maximum Gasteiger partial charge on any atom is 0.264 e. The molecule has 3 rings (SSSR count). The molecule has 1 N–H and O–H groups in total. The number of ether oxygens (including phenoxy) is 4. The fourth-order valence-electron chi connectivity index (χ4n) is 2.62. The number of thioether (sulfide) groups is 1. The van der Waals surface area contributed by atoms with E-state index in [2.05, 4.69) is 15.5 Å². The lowest BCUT2D eigenvalue weighted by molar-refractivity contribution is -0.115. The predicted molar refractivity (Wildman–Crippen MR) is 118 cm³/mol. The third-order valence-electron chi connectivity index (χ3n) is 4.16. The van der Waals surface area contributed by atoms with Gasteiger partial charge < -0.3 is 18.9 Å². The molecule has 2 aromatic carbocycles. The van der Waals surface area contributed by atoms with Gasteiger partial charge in [-0.05, 0) is 42.1 Å². The molecule has 1 amide bonds. The summed E-state index contributed by atoms with van der Waals surface area (Å²) >= 11 is 1.19. The Morgan fingerprint density at radius 1 is 0.867 bits per heavy atom. The summed E-state index contributed by atoms with van der Waals surface area (Å²) in [5.41, 5.74) is 1.49. The Morgan fingerprint density at radius 3 is 2.07 bits per heavy atom. The normalized spacial score (nSPS) is 16.2. The molecule has 2 aromatic rings. The van der Waals surface area contributed by atoms with Crippen molar-refractivity contribution < 1.29 is 23.7 Å². The van der Waals surface area contributed by atoms with Gasteiger partial charge in [0.25, 0.3) is 5.91 Å². The van der Waals surface area contributed by atoms with Crippen molar-refractivity contribution in [3.63, 3.8) is 0 Å². The molecular weight excluding hydrogens is 406 g/mol. The van der Waals surface area contributed by atoms with Gasteiger partial charge in [-0.15, -0.1) is 5.10 Å². The molecule has 0 aromatic heterocycles. The van der Waals surface area contributed by atoms with Gasteiger partial charge in [-0.25, -0.2) is 0 Å². The van der Waals surface area contributed by atoms with Gasteiger partial charge in [-0.2, -0.15) is 5.10 Å². The Balaban J connectivity index is 1.77. The van der Waals surface area contributed by atoms with E-state index in [0.29, 0.717) is 33.1 Å². The first-order chi connectivity index (χ1) is 14.6. The minimum Gasteiger partial charge on any atom is -0.497 e. The average Bonchev–Trinajstić information content (AvgIpc) is 3.12. The summed E-state index contributed by atoms with van der Waals surface area (Å²) in [6, 6.07) is 10.7. The molecule has 9 heteroatoms. The van der Waals surface area contributed by atoms with Gasteiger partial charge in [-0.1, -0.05) is 0 Å². The van der Waals surface area contributed by atoms with E-state index in [1.807, 2.05) is 12.1 Å². The summed E-state index contributed by atoms with van der Waals surface area (Å²) in [6.45, 7) is 0. The van der Waals surface area contributed by atoms with E-state index in [0.717, 1.165) is 11.1 Å². The maximum atomic E-state index is 12.3. The zero-order chi connectivity index (χ0) is 21.5. The lowest BCUT2D eigenvalue weighted by atomic mass is 10.1. The Kier molecular flexibility index (Phi) is 6.97. The summed E-state index contributed by atoms with van der Waals surface area (Å²) in [5, 5.41) is 11.2. The second-order valence-electron chi connectivity index (χ2n) is 5.93. The number of methoxy groups -OCH3 is 4. The largest absolute Gasteiger partial charge is 0.497 e. The first-order valence-electron chi connectivity index (χ1n) is 8.84. The van der Waals surface area contributed by atoms with Crippen molar-refractivity contribution >= 4 is 35.1 Å². The van der Waals surface area contributed by atoms with Gasteiger partial charge in [-0.3, -0.25) is 10.1 Å². The first-order valence-corrected chi connectivity index (χ1v) is 9.65. The Bertz CT molecular complexity index is 1030. The lowest BCUT2D eigenvalue weighted by Gasteiger charge is -2.07. The standard InChI is InChI=1S/C21H21N3O5S/c1-26-15-7-5-13(17(10-15)28-3)9-19-20(25)23-21(30-19)24-22-12-14-6-8-16(27-2)11-18(14)29-4/h5-12H,1-4H3,(H,23,24,25)/b19-9-,22-12-. The Morgan fingerprint density at radius 2 is 1.47 bits per heavy atom. The number of benzene rings is 2. The fourth-order valence-corrected chi connectivity index (χ4v) is 3.39. The average molecular weight is 427 g/mol. The van der Waals surface area contributed by atoms with Crippen LogP contribution >= 0.6 is 11.8 Å². The summed E-state index contributed by atoms with van der Waals surface area (Å²) in [4.78, 5) is 12.8. The Labute approximate surface area is 178 Å². The predicted octanol–water partition coefficient (Wildman–Crippen LogP) is 3.32. The molecule has 1 aliphatic heterocycles. The quantitative estimate of drug-likeness (QED) is 0.414. The van der Waals surface area contributed by atoms with Crippen LogP contribution in [0.1, 0.15) is 11.1 Å². The number of hydrogen-bond donors (Lipinski definition) is 1. The van der Waals surface area contributed by atoms with Crippen molar-refractivity contribution in [1.82, 2.24) is 5.32 Å². The fraction of sp³-hybridized carbons (Fsp3) is 0.190. The van der Waals surface area contributed by atoms with Crippen LogP contribution in [0.25, 0.3) is 6.08 Å². The molecule has 0 bridgehead atoms. The number of hydrogen-bond acceptors (Lipinski definition) is 8. The molecule has 156 valence electrons. The lowest BCUT2D eigenvalue weighted by Crippen LogP contribution is -2.19. The molecule has 0 saturated carbocycles. The van der Waals surface area contributed by atoms with Crippen molar-refractivity contribution in [2.45, 2.75) is 0 Å². The number of amides is 1. The number of nitrogens with one attached hydrogen (secondary N) is 1. The molecule has 0 spiro atoms. The van der Waals surface area contributed by atoms with Gasteiger partial charge in [0, 0.05) is 23.3 Å². The van der Waals surface area contributed by atoms with E-state index in [-0.39, 0.29) is 5.91 Å². The van der Waals surface area contributed by atoms with Crippen molar-refractivity contribution in [3.05, 3.63) is 52.4 Å². The molecule has 8 nitrogen and oxygen atoms in total. The molecule has 0 atom stereocenters. The van der Waals surface area contributed by atoms with Gasteiger partial charge in [0.2, 0.25) is 0 Å². The molecule has 1 fully saturated rings. The van der Waals surface area contributed by atoms with E-state index < -0.39 is 0 Å². The maximum absolute atomic E-state index is 12.3. The van der Waals surface area contributed by atoms with Gasteiger partial charge in [0.15, 0.2) is 5.17 Å². The van der Waals surface area contributed by atoms with Crippen LogP contribution < -0.4 is 24.3 Å². The number of nitrogens with zero attached hydrogens (tertiary/aromatic N) is 2. The highest BCUT2D eigenvalue weighted by Gasteiger charge is 2.24. The van der Waals surface area contributed by atoms with Crippen LogP contribution in [0.3, 0.4) is 0 Å². The molecular formula is C21H21N3O5S. The van der Waals surface area contributed by atoms with Crippen LogP contribution in [-0.2, 0) is 4.79 Å². The van der Waals surface area contributed by atoms with Crippen LogP contribution in [0.4, 0.5) is 0 Å². The van der Waals surface area contributed by atoms with Gasteiger partial charge in [0.05, 0.1) is 39.6 Å². The van der Waals surface area contributed by atoms with Crippen LogP contribution in [0.15, 0.2) is 51.5 Å². The summed E-state index contributed by atoms with van der Waals surface area (Å²) in [6.07, 6.45) is 3.28. The minimum atomic E-state index is -0.256. The zero-order valence-corrected chi connectivity index (χ0v) is 17.8. The van der Waals surface area contributed by atoms with Crippen molar-refractivity contribution in [2.24, 2.45) is 10.2 Å². The first kappa shape index (κ1) is 21.3. The number of amidine groups is 1. The van der Waals surface area contributed by atoms with E-state index in [1.54, 1.807) is 65.0 Å². The van der Waals surface area contributed by atoms with Crippen LogP contribution in [0.5, 0.6) is 23.0 Å². The van der Waals surface area contributed by atoms with E-state index >= 15 is 0 Å². The summed E-state index contributed by atoms with van der Waals surface area (Å²) < 4.78 is 21.1. The second-order valence-corrected chi connectivity index (χ2v) is 6.96. The number of rotatable bonds is 7. The second kappa shape index (κ2) is 9.84. The summed E-state index contributed by atoms with van der Waals surface area (Å²) in [7, 11) is 6.29. The van der Waals surface area contributed by atoms with Gasteiger partial charge >= 0.3 is 0 Å². The summed E-state index contributed by atoms with van der Waals surface area (Å²) in [5.74, 6) is 2.30. The van der Waals surface area contributed by atoms with Crippen LogP contribution in [0.2, 0.25) is 0 Å². The smallest absolute Gasteiger partial charge is 0.264 e.